The number of thiocarbonyl (C=S) groups is 1. The van der Waals surface area contributed by atoms with Gasteiger partial charge in [-0.3, -0.25) is 4.40 Å². The number of fused-ring (bicyclic) bond motifs is 1. The zero-order valence-electron chi connectivity index (χ0n) is 20.5. The lowest BCUT2D eigenvalue weighted by atomic mass is 9.99. The Balaban J connectivity index is 1.60. The molecule has 1 unspecified atom stereocenters. The second kappa shape index (κ2) is 10.4. The van der Waals surface area contributed by atoms with Gasteiger partial charge in [-0.2, -0.15) is 0 Å². The summed E-state index contributed by atoms with van der Waals surface area (Å²) in [7, 11) is 3.24. The fourth-order valence-electron chi connectivity index (χ4n) is 4.61. The van der Waals surface area contributed by atoms with Crippen LogP contribution in [0, 0.1) is 0 Å². The molecule has 190 valence electrons. The fraction of sp³-hybridized carbons (Fsp3) is 0.259. The van der Waals surface area contributed by atoms with E-state index in [1.165, 1.54) is 0 Å². The van der Waals surface area contributed by atoms with Crippen LogP contribution in [0.15, 0.2) is 54.9 Å². The maximum Gasteiger partial charge on any atom is 0.335 e. The molecular weight excluding hydrogens is 490 g/mol. The second-order valence-corrected chi connectivity index (χ2v) is 9.15. The van der Waals surface area contributed by atoms with Crippen molar-refractivity contribution in [2.75, 3.05) is 26.1 Å². The molecule has 0 bridgehead atoms. The molecule has 3 N–H and O–H groups in total. The van der Waals surface area contributed by atoms with E-state index in [0.717, 1.165) is 46.8 Å². The number of benzene rings is 2. The summed E-state index contributed by atoms with van der Waals surface area (Å²) in [5.74, 6) is 1.89. The molecular formula is C27H27N5O4S. The Bertz CT molecular complexity index is 1470. The number of anilines is 1. The van der Waals surface area contributed by atoms with E-state index in [0.29, 0.717) is 29.6 Å². The third kappa shape index (κ3) is 4.79. The van der Waals surface area contributed by atoms with Crippen LogP contribution in [0.25, 0.3) is 16.8 Å². The number of ether oxygens (including phenoxy) is 2. The number of aromatic carboxylic acids is 1. The molecule has 3 heterocycles. The topological polar surface area (TPSA) is 110 Å². The number of carbonyl (C=O) groups is 1. The summed E-state index contributed by atoms with van der Waals surface area (Å²) < 4.78 is 12.9. The zero-order valence-corrected chi connectivity index (χ0v) is 21.3. The maximum atomic E-state index is 11.4. The molecule has 9 nitrogen and oxygen atoms in total. The van der Waals surface area contributed by atoms with E-state index < -0.39 is 5.97 Å². The van der Waals surface area contributed by atoms with Crippen molar-refractivity contribution in [1.29, 1.82) is 0 Å². The Morgan fingerprint density at radius 2 is 2.03 bits per heavy atom. The SMILES string of the molecule is COc1ccc(CNc2nccn3c(C4CCCNC4=S)nc(-c4ccc(C(=O)O)cc4)c23)c(OC)c1. The first-order valence-corrected chi connectivity index (χ1v) is 12.3. The van der Waals surface area contributed by atoms with E-state index in [4.69, 9.17) is 26.7 Å². The quantitative estimate of drug-likeness (QED) is 0.291. The van der Waals surface area contributed by atoms with Gasteiger partial charge in [-0.1, -0.05) is 24.4 Å². The van der Waals surface area contributed by atoms with E-state index in [1.54, 1.807) is 44.7 Å². The van der Waals surface area contributed by atoms with Crippen LogP contribution in [-0.2, 0) is 6.54 Å². The summed E-state index contributed by atoms with van der Waals surface area (Å²) >= 11 is 5.65. The van der Waals surface area contributed by atoms with Gasteiger partial charge < -0.3 is 25.2 Å². The van der Waals surface area contributed by atoms with Gasteiger partial charge in [0.25, 0.3) is 0 Å². The van der Waals surface area contributed by atoms with Crippen molar-refractivity contribution < 1.29 is 19.4 Å². The summed E-state index contributed by atoms with van der Waals surface area (Å²) in [6.45, 7) is 1.32. The third-order valence-electron chi connectivity index (χ3n) is 6.52. The van der Waals surface area contributed by atoms with Crippen molar-refractivity contribution in [3.63, 3.8) is 0 Å². The van der Waals surface area contributed by atoms with E-state index >= 15 is 0 Å². The van der Waals surface area contributed by atoms with Crippen LogP contribution in [0.4, 0.5) is 5.82 Å². The van der Waals surface area contributed by atoms with Crippen molar-refractivity contribution >= 4 is 34.5 Å². The molecule has 0 radical (unpaired) electrons. The normalized spacial score (nSPS) is 15.3. The number of imidazole rings is 1. The Hall–Kier alpha value is -4.18. The lowest BCUT2D eigenvalue weighted by Crippen LogP contribution is -2.34. The number of methoxy groups -OCH3 is 2. The molecule has 0 amide bonds. The molecule has 1 fully saturated rings. The minimum Gasteiger partial charge on any atom is -0.497 e. The molecule has 10 heteroatoms. The molecule has 1 aliphatic heterocycles. The standard InChI is InChI=1S/C27H27N5O4S/c1-35-19-10-9-18(21(14-19)36-2)15-30-24-23-22(16-5-7-17(8-6-16)27(33)34)31-25(32(23)13-12-28-24)20-4-3-11-29-26(20)37/h5-10,12-14,20H,3-4,11,15H2,1-2H3,(H,28,30)(H,29,37)(H,33,34). The average molecular weight is 518 g/mol. The number of rotatable bonds is 8. The number of aromatic nitrogens is 3. The second-order valence-electron chi connectivity index (χ2n) is 8.71. The van der Waals surface area contributed by atoms with E-state index in [-0.39, 0.29) is 11.5 Å². The molecule has 4 aromatic rings. The van der Waals surface area contributed by atoms with Crippen LogP contribution < -0.4 is 20.1 Å². The zero-order chi connectivity index (χ0) is 25.9. The molecule has 2 aromatic carbocycles. The Kier molecular flexibility index (Phi) is 6.91. The number of hydrogen-bond acceptors (Lipinski definition) is 7. The van der Waals surface area contributed by atoms with Gasteiger partial charge in [0.05, 0.1) is 30.7 Å². The van der Waals surface area contributed by atoms with Gasteiger partial charge in [-0.25, -0.2) is 14.8 Å². The van der Waals surface area contributed by atoms with Crippen molar-refractivity contribution in [1.82, 2.24) is 19.7 Å². The molecule has 0 spiro atoms. The highest BCUT2D eigenvalue weighted by molar-refractivity contribution is 7.80. The maximum absolute atomic E-state index is 11.4. The van der Waals surface area contributed by atoms with Crippen molar-refractivity contribution in [2.24, 2.45) is 0 Å². The number of carboxylic acids is 1. The van der Waals surface area contributed by atoms with Gasteiger partial charge in [0.2, 0.25) is 0 Å². The first-order chi connectivity index (χ1) is 18.0. The number of nitrogens with zero attached hydrogens (tertiary/aromatic N) is 3. The Morgan fingerprint density at radius 1 is 1.22 bits per heavy atom. The molecule has 1 saturated heterocycles. The molecule has 1 atom stereocenters. The van der Waals surface area contributed by atoms with E-state index in [1.807, 2.05) is 28.8 Å². The predicted octanol–water partition coefficient (Wildman–Crippen LogP) is 4.52. The monoisotopic (exact) mass is 517 g/mol. The van der Waals surface area contributed by atoms with Crippen LogP contribution in [0.1, 0.15) is 40.5 Å². The average Bonchev–Trinajstić information content (AvgIpc) is 3.32. The summed E-state index contributed by atoms with van der Waals surface area (Å²) in [5, 5.41) is 16.1. The Morgan fingerprint density at radius 3 is 2.73 bits per heavy atom. The van der Waals surface area contributed by atoms with Crippen LogP contribution in [0.2, 0.25) is 0 Å². The molecule has 37 heavy (non-hydrogen) atoms. The largest absolute Gasteiger partial charge is 0.497 e. The van der Waals surface area contributed by atoms with Gasteiger partial charge in [0.15, 0.2) is 5.82 Å². The highest BCUT2D eigenvalue weighted by atomic mass is 32.1. The third-order valence-corrected chi connectivity index (χ3v) is 6.95. The Labute approximate surface area is 219 Å². The molecule has 0 saturated carbocycles. The lowest BCUT2D eigenvalue weighted by Gasteiger charge is -2.23. The van der Waals surface area contributed by atoms with E-state index in [2.05, 4.69) is 15.6 Å². The highest BCUT2D eigenvalue weighted by Crippen LogP contribution is 2.35. The highest BCUT2D eigenvalue weighted by Gasteiger charge is 2.28. The lowest BCUT2D eigenvalue weighted by molar-refractivity contribution is 0.0697. The first kappa shape index (κ1) is 24.5. The smallest absolute Gasteiger partial charge is 0.335 e. The summed E-state index contributed by atoms with van der Waals surface area (Å²) in [4.78, 5) is 21.9. The first-order valence-electron chi connectivity index (χ1n) is 11.9. The number of nitrogens with one attached hydrogen (secondary N) is 2. The summed E-state index contributed by atoms with van der Waals surface area (Å²) in [5.41, 5.74) is 3.45. The number of carboxylic acid groups (broad SMARTS) is 1. The molecule has 0 aliphatic carbocycles. The van der Waals surface area contributed by atoms with Gasteiger partial charge in [0, 0.05) is 42.7 Å². The number of piperidine rings is 1. The van der Waals surface area contributed by atoms with Gasteiger partial charge in [-0.05, 0) is 37.1 Å². The minimum absolute atomic E-state index is 0.0276. The molecule has 1 aliphatic rings. The van der Waals surface area contributed by atoms with Crippen molar-refractivity contribution in [3.05, 3.63) is 71.8 Å². The van der Waals surface area contributed by atoms with Crippen LogP contribution in [0.5, 0.6) is 11.5 Å². The van der Waals surface area contributed by atoms with Gasteiger partial charge in [0.1, 0.15) is 28.5 Å². The molecule has 5 rings (SSSR count). The van der Waals surface area contributed by atoms with Crippen molar-refractivity contribution in [2.45, 2.75) is 25.3 Å². The van der Waals surface area contributed by atoms with Crippen molar-refractivity contribution in [3.8, 4) is 22.8 Å². The summed E-state index contributed by atoms with van der Waals surface area (Å²) in [6.07, 6.45) is 5.53. The minimum atomic E-state index is -0.974. The predicted molar refractivity (Wildman–Crippen MR) is 145 cm³/mol. The van der Waals surface area contributed by atoms with Gasteiger partial charge in [-0.15, -0.1) is 0 Å². The fourth-order valence-corrected chi connectivity index (χ4v) is 4.93. The van der Waals surface area contributed by atoms with Crippen LogP contribution in [-0.4, -0.2) is 51.2 Å². The van der Waals surface area contributed by atoms with Crippen LogP contribution >= 0.6 is 12.2 Å². The van der Waals surface area contributed by atoms with Gasteiger partial charge >= 0.3 is 5.97 Å². The summed E-state index contributed by atoms with van der Waals surface area (Å²) in [6, 6.07) is 12.4. The molecule has 2 aromatic heterocycles. The van der Waals surface area contributed by atoms with E-state index in [9.17, 15) is 9.90 Å². The van der Waals surface area contributed by atoms with Crippen LogP contribution in [0.3, 0.4) is 0 Å². The number of hydrogen-bond donors (Lipinski definition) is 3.